The summed E-state index contributed by atoms with van der Waals surface area (Å²) in [6.07, 6.45) is 1.82. The third-order valence-corrected chi connectivity index (χ3v) is 6.35. The molecule has 1 atom stereocenters. The van der Waals surface area contributed by atoms with Crippen molar-refractivity contribution in [1.29, 1.82) is 0 Å². The molecule has 0 radical (unpaired) electrons. The molecule has 9 heteroatoms. The number of benzene rings is 2. The standard InChI is InChI=1S/C20H14FN3O3S2/c1-28-20-23-22-19(29-20)24-15(11-7-9-13(21)10-8-11)14(17(26)18(24)27)16(25)12-5-3-2-4-6-12/h2-10,15,25H,1H3/b16-14+. The van der Waals surface area contributed by atoms with E-state index in [9.17, 15) is 19.1 Å². The van der Waals surface area contributed by atoms with Gasteiger partial charge in [-0.1, -0.05) is 65.6 Å². The van der Waals surface area contributed by atoms with E-state index in [1.165, 1.54) is 40.9 Å². The number of hydrogen-bond acceptors (Lipinski definition) is 7. The number of carbonyl (C=O) groups excluding carboxylic acids is 2. The third-order valence-electron chi connectivity index (χ3n) is 4.45. The molecule has 29 heavy (non-hydrogen) atoms. The van der Waals surface area contributed by atoms with Crippen molar-refractivity contribution < 1.29 is 19.1 Å². The summed E-state index contributed by atoms with van der Waals surface area (Å²) in [5.74, 6) is -2.40. The Morgan fingerprint density at radius 2 is 1.79 bits per heavy atom. The molecule has 0 aliphatic carbocycles. The summed E-state index contributed by atoms with van der Waals surface area (Å²) in [4.78, 5) is 27.0. The van der Waals surface area contributed by atoms with Crippen LogP contribution in [0.3, 0.4) is 0 Å². The molecule has 1 aliphatic rings. The Labute approximate surface area is 173 Å². The number of nitrogens with zero attached hydrogens (tertiary/aromatic N) is 3. The van der Waals surface area contributed by atoms with Crippen LogP contribution in [0.25, 0.3) is 5.76 Å². The number of hydrogen-bond donors (Lipinski definition) is 1. The van der Waals surface area contributed by atoms with Crippen LogP contribution in [0.5, 0.6) is 0 Å². The first-order chi connectivity index (χ1) is 14.0. The van der Waals surface area contributed by atoms with E-state index < -0.39 is 23.5 Å². The predicted molar refractivity (Wildman–Crippen MR) is 109 cm³/mol. The number of aliphatic hydroxyl groups excluding tert-OH is 1. The summed E-state index contributed by atoms with van der Waals surface area (Å²) >= 11 is 2.53. The third kappa shape index (κ3) is 3.43. The van der Waals surface area contributed by atoms with E-state index in [1.807, 2.05) is 6.26 Å². The number of amides is 1. The molecule has 6 nitrogen and oxygen atoms in total. The second kappa shape index (κ2) is 7.76. The van der Waals surface area contributed by atoms with Crippen molar-refractivity contribution in [3.8, 4) is 0 Å². The van der Waals surface area contributed by atoms with Gasteiger partial charge in [-0.3, -0.25) is 14.5 Å². The van der Waals surface area contributed by atoms with Gasteiger partial charge in [-0.2, -0.15) is 0 Å². The van der Waals surface area contributed by atoms with Gasteiger partial charge in [-0.05, 0) is 24.0 Å². The average Bonchev–Trinajstić information content (AvgIpc) is 3.32. The lowest BCUT2D eigenvalue weighted by atomic mass is 9.95. The van der Waals surface area contributed by atoms with Crippen LogP contribution in [-0.4, -0.2) is 33.3 Å². The fourth-order valence-electron chi connectivity index (χ4n) is 3.12. The van der Waals surface area contributed by atoms with E-state index in [0.717, 1.165) is 11.3 Å². The number of ketones is 1. The van der Waals surface area contributed by atoms with E-state index in [2.05, 4.69) is 10.2 Å². The number of carbonyl (C=O) groups is 2. The summed E-state index contributed by atoms with van der Waals surface area (Å²) in [7, 11) is 0. The van der Waals surface area contributed by atoms with Gasteiger partial charge in [0.05, 0.1) is 11.6 Å². The molecule has 2 aromatic carbocycles. The Morgan fingerprint density at radius 3 is 2.41 bits per heavy atom. The van der Waals surface area contributed by atoms with Gasteiger partial charge in [-0.25, -0.2) is 4.39 Å². The number of aliphatic hydroxyl groups is 1. The summed E-state index contributed by atoms with van der Waals surface area (Å²) < 4.78 is 14.1. The summed E-state index contributed by atoms with van der Waals surface area (Å²) in [6.45, 7) is 0. The van der Waals surface area contributed by atoms with Crippen LogP contribution in [0, 0.1) is 5.82 Å². The van der Waals surface area contributed by atoms with E-state index in [4.69, 9.17) is 0 Å². The number of Topliss-reactive ketones (excluding diaryl/α,β-unsaturated/α-hetero) is 1. The van der Waals surface area contributed by atoms with Crippen LogP contribution in [-0.2, 0) is 9.59 Å². The molecule has 1 aliphatic heterocycles. The fraction of sp³-hybridized carbons (Fsp3) is 0.100. The Hall–Kier alpha value is -3.04. The molecule has 1 unspecified atom stereocenters. The molecule has 1 N–H and O–H groups in total. The van der Waals surface area contributed by atoms with Crippen LogP contribution < -0.4 is 4.90 Å². The quantitative estimate of drug-likeness (QED) is 0.223. The maximum absolute atomic E-state index is 13.5. The van der Waals surface area contributed by atoms with E-state index in [0.29, 0.717) is 15.5 Å². The maximum Gasteiger partial charge on any atom is 0.301 e. The number of rotatable bonds is 4. The molecule has 0 spiro atoms. The van der Waals surface area contributed by atoms with Crippen molar-refractivity contribution >= 4 is 45.7 Å². The smallest absolute Gasteiger partial charge is 0.301 e. The van der Waals surface area contributed by atoms with Gasteiger partial charge in [-0.15, -0.1) is 10.2 Å². The number of anilines is 1. The Bertz CT molecular complexity index is 1110. The van der Waals surface area contributed by atoms with Crippen molar-refractivity contribution in [3.05, 3.63) is 77.1 Å². The minimum atomic E-state index is -0.946. The molecule has 1 fully saturated rings. The average molecular weight is 427 g/mol. The second-order valence-corrected chi connectivity index (χ2v) is 8.15. The SMILES string of the molecule is CSc1nnc(N2C(=O)C(=O)/C(=C(/O)c3ccccc3)C2c2ccc(F)cc2)s1. The van der Waals surface area contributed by atoms with Crippen LogP contribution in [0.4, 0.5) is 9.52 Å². The number of halogens is 1. The zero-order chi connectivity index (χ0) is 20.5. The summed E-state index contributed by atoms with van der Waals surface area (Å²) in [5.41, 5.74) is 0.803. The van der Waals surface area contributed by atoms with Crippen LogP contribution in [0.1, 0.15) is 17.2 Å². The molecular formula is C20H14FN3O3S2. The van der Waals surface area contributed by atoms with E-state index >= 15 is 0 Å². The van der Waals surface area contributed by atoms with Crippen LogP contribution in [0.15, 0.2) is 64.5 Å². The molecule has 0 saturated carbocycles. The Kier molecular flexibility index (Phi) is 5.16. The zero-order valence-electron chi connectivity index (χ0n) is 15.1. The Morgan fingerprint density at radius 1 is 1.10 bits per heavy atom. The highest BCUT2D eigenvalue weighted by Crippen LogP contribution is 2.43. The van der Waals surface area contributed by atoms with Gasteiger partial charge < -0.3 is 5.11 Å². The lowest BCUT2D eigenvalue weighted by Gasteiger charge is -2.22. The topological polar surface area (TPSA) is 83.4 Å². The molecular weight excluding hydrogens is 413 g/mol. The number of thioether (sulfide) groups is 1. The normalized spacial score (nSPS) is 18.4. The Balaban J connectivity index is 1.93. The van der Waals surface area contributed by atoms with Crippen molar-refractivity contribution in [1.82, 2.24) is 10.2 Å². The monoisotopic (exact) mass is 427 g/mol. The molecule has 1 aromatic heterocycles. The second-order valence-electron chi connectivity index (χ2n) is 6.14. The highest BCUT2D eigenvalue weighted by Gasteiger charge is 2.48. The van der Waals surface area contributed by atoms with Gasteiger partial charge in [0.1, 0.15) is 11.6 Å². The summed E-state index contributed by atoms with van der Waals surface area (Å²) in [5, 5.41) is 19.1. The highest BCUT2D eigenvalue weighted by atomic mass is 32.2. The maximum atomic E-state index is 13.5. The van der Waals surface area contributed by atoms with E-state index in [1.54, 1.807) is 30.3 Å². The zero-order valence-corrected chi connectivity index (χ0v) is 16.7. The first-order valence-electron chi connectivity index (χ1n) is 8.50. The fourth-order valence-corrected chi connectivity index (χ4v) is 4.41. The summed E-state index contributed by atoms with van der Waals surface area (Å²) in [6, 6.07) is 13.0. The lowest BCUT2D eigenvalue weighted by molar-refractivity contribution is -0.132. The molecule has 3 aromatic rings. The van der Waals surface area contributed by atoms with Gasteiger partial charge in [0.15, 0.2) is 4.34 Å². The lowest BCUT2D eigenvalue weighted by Crippen LogP contribution is -2.29. The molecule has 2 heterocycles. The van der Waals surface area contributed by atoms with Crippen LogP contribution in [0.2, 0.25) is 0 Å². The molecule has 4 rings (SSSR count). The van der Waals surface area contributed by atoms with E-state index in [-0.39, 0.29) is 16.5 Å². The molecule has 1 amide bonds. The van der Waals surface area contributed by atoms with Crippen molar-refractivity contribution in [2.45, 2.75) is 10.4 Å². The van der Waals surface area contributed by atoms with Crippen molar-refractivity contribution in [2.75, 3.05) is 11.2 Å². The first-order valence-corrected chi connectivity index (χ1v) is 10.5. The van der Waals surface area contributed by atoms with Crippen molar-refractivity contribution in [3.63, 3.8) is 0 Å². The van der Waals surface area contributed by atoms with Crippen LogP contribution >= 0.6 is 23.1 Å². The van der Waals surface area contributed by atoms with Gasteiger partial charge in [0, 0.05) is 5.56 Å². The minimum Gasteiger partial charge on any atom is -0.507 e. The first kappa shape index (κ1) is 19.3. The highest BCUT2D eigenvalue weighted by molar-refractivity contribution is 8.00. The molecule has 0 bridgehead atoms. The number of aromatic nitrogens is 2. The molecule has 146 valence electrons. The van der Waals surface area contributed by atoms with Gasteiger partial charge in [0.25, 0.3) is 5.78 Å². The largest absolute Gasteiger partial charge is 0.507 e. The van der Waals surface area contributed by atoms with Gasteiger partial charge >= 0.3 is 5.91 Å². The van der Waals surface area contributed by atoms with Gasteiger partial charge in [0.2, 0.25) is 5.13 Å². The molecule has 1 saturated heterocycles. The van der Waals surface area contributed by atoms with Crippen molar-refractivity contribution in [2.24, 2.45) is 0 Å². The minimum absolute atomic E-state index is 0.0753. The predicted octanol–water partition coefficient (Wildman–Crippen LogP) is 4.03.